The number of halogens is 1. The van der Waals surface area contributed by atoms with Crippen LogP contribution in [0.15, 0.2) is 35.9 Å². The standard InChI is InChI=1S/C35H35NO12.ClH/c1-16-12-19(42-4)14-22-20(16)8-9-23(37)27(22)32(40)45-24-13-18-10-11-35(26-15-43-34(41)46-26)25(48-35)7-5-6-21(18)31(24)47-33-28(36-3)30(39)29(38)17(2)44-33;/h8-9,12-14,17,21,24-26,28-31,33,36-39H,6,15H2,1-4H3;1H/t17-,21?,24-,25-,26-,28-,29+,30-,31-,33-,35+;/m1./s1. The molecule has 5 aliphatic rings. The van der Waals surface area contributed by atoms with E-state index < -0.39 is 78.7 Å². The van der Waals surface area contributed by atoms with Crippen LogP contribution >= 0.6 is 0 Å². The number of ether oxygens (including phenoxy) is 7. The largest absolute Gasteiger partial charge is 1.00 e. The van der Waals surface area contributed by atoms with Crippen LogP contribution in [-0.2, 0) is 28.4 Å². The maximum atomic E-state index is 14.0. The Balaban J connectivity index is 0.00000243. The summed E-state index contributed by atoms with van der Waals surface area (Å²) in [4.78, 5) is 25.7. The summed E-state index contributed by atoms with van der Waals surface area (Å²) >= 11 is 0. The molecule has 2 aromatic rings. The van der Waals surface area contributed by atoms with Gasteiger partial charge in [-0.25, -0.2) is 9.59 Å². The lowest BCUT2D eigenvalue weighted by atomic mass is 9.94. The Bertz CT molecular complexity index is 1830. The molecule has 3 aliphatic heterocycles. The van der Waals surface area contributed by atoms with Gasteiger partial charge in [0.1, 0.15) is 48.1 Å². The first kappa shape index (κ1) is 34.8. The summed E-state index contributed by atoms with van der Waals surface area (Å²) in [5.41, 5.74) is 0.147. The highest BCUT2D eigenvalue weighted by molar-refractivity contribution is 6.08. The Morgan fingerprint density at radius 1 is 1.18 bits per heavy atom. The smallest absolute Gasteiger partial charge is 1.00 e. The first-order valence-electron chi connectivity index (χ1n) is 15.6. The van der Waals surface area contributed by atoms with Crippen LogP contribution in [0.4, 0.5) is 4.79 Å². The topological polar surface area (TPSA) is 175 Å². The predicted octanol–water partition coefficient (Wildman–Crippen LogP) is -1.42. The van der Waals surface area contributed by atoms with Gasteiger partial charge in [-0.1, -0.05) is 29.7 Å². The van der Waals surface area contributed by atoms with Crippen molar-refractivity contribution in [1.82, 2.24) is 5.32 Å². The maximum absolute atomic E-state index is 14.0. The minimum absolute atomic E-state index is 0. The van der Waals surface area contributed by atoms with Crippen LogP contribution in [0.3, 0.4) is 0 Å². The lowest BCUT2D eigenvalue weighted by Crippen LogP contribution is -3.00. The first-order chi connectivity index (χ1) is 23.0. The van der Waals surface area contributed by atoms with Gasteiger partial charge >= 0.3 is 13.6 Å². The van der Waals surface area contributed by atoms with Gasteiger partial charge in [0, 0.05) is 23.3 Å². The Morgan fingerprint density at radius 3 is 2.69 bits per heavy atom. The number of aliphatic hydroxyl groups excluding tert-OH is 2. The van der Waals surface area contributed by atoms with E-state index in [9.17, 15) is 24.9 Å². The number of phenolic OH excluding ortho intramolecular Hbond substituents is 1. The third-order valence-corrected chi connectivity index (χ3v) is 9.58. The fourth-order valence-electron chi connectivity index (χ4n) is 6.82. The lowest BCUT2D eigenvalue weighted by Gasteiger charge is -2.43. The number of methoxy groups -OCH3 is 1. The first-order valence-corrected chi connectivity index (χ1v) is 15.6. The van der Waals surface area contributed by atoms with E-state index in [0.717, 1.165) is 10.9 Å². The molecule has 0 spiro atoms. The SMILES string of the molecule is CN[C@H]1[C@@H](O[C@@H]2C3CC#C[C@H]4O[C@@]4([C@H]4COC(=O)O4)C#CC3=C[C@H]2OC(=O)c2c(O)ccc3c(C)cc(OC)cc23)O[C@H](C)[C@H](O)[C@@H]1O.[Cl-].[H+]. The minimum atomic E-state index is -1.22. The van der Waals surface area contributed by atoms with Crippen LogP contribution < -0.4 is 22.5 Å². The van der Waals surface area contributed by atoms with Crippen molar-refractivity contribution in [1.29, 1.82) is 0 Å². The second kappa shape index (κ2) is 13.3. The number of rotatable bonds is 7. The van der Waals surface area contributed by atoms with E-state index in [4.69, 9.17) is 33.2 Å². The fraction of sp³-hybridized carbons (Fsp3) is 0.486. The average Bonchev–Trinajstić information content (AvgIpc) is 3.39. The number of hydrogen-bond donors (Lipinski definition) is 4. The molecular formula is C35H36ClNO12. The molecule has 4 N–H and O–H groups in total. The van der Waals surface area contributed by atoms with E-state index in [1.807, 2.05) is 13.0 Å². The van der Waals surface area contributed by atoms with E-state index in [1.165, 1.54) is 13.2 Å². The summed E-state index contributed by atoms with van der Waals surface area (Å²) < 4.78 is 40.2. The van der Waals surface area contributed by atoms with Gasteiger partial charge in [-0.3, -0.25) is 0 Å². The number of aliphatic hydroxyl groups is 2. The molecule has 13 nitrogen and oxygen atoms in total. The summed E-state index contributed by atoms with van der Waals surface area (Å²) in [6.07, 6.45) is -6.46. The number of esters is 1. The van der Waals surface area contributed by atoms with Gasteiger partial charge in [0.25, 0.3) is 0 Å². The number of benzene rings is 2. The molecule has 0 radical (unpaired) electrons. The fourth-order valence-corrected chi connectivity index (χ4v) is 6.82. The molecule has 3 saturated heterocycles. The Kier molecular flexibility index (Phi) is 9.48. The van der Waals surface area contributed by atoms with E-state index in [2.05, 4.69) is 29.0 Å². The Labute approximate surface area is 289 Å². The van der Waals surface area contributed by atoms with Crippen LogP contribution in [0.1, 0.15) is 30.7 Å². The molecule has 49 heavy (non-hydrogen) atoms. The van der Waals surface area contributed by atoms with E-state index in [1.54, 1.807) is 32.2 Å². The number of nitrogens with one attached hydrogen (secondary N) is 1. The zero-order chi connectivity index (χ0) is 33.9. The molecular weight excluding hydrogens is 662 g/mol. The second-order valence-corrected chi connectivity index (χ2v) is 12.4. The highest BCUT2D eigenvalue weighted by Crippen LogP contribution is 2.44. The van der Waals surface area contributed by atoms with Gasteiger partial charge in [-0.15, -0.1) is 0 Å². The van der Waals surface area contributed by atoms with Crippen molar-refractivity contribution in [2.45, 2.75) is 80.9 Å². The summed E-state index contributed by atoms with van der Waals surface area (Å²) in [6.45, 7) is 3.46. The normalized spacial score (nSPS) is 35.6. The minimum Gasteiger partial charge on any atom is -1.00 e. The number of hydrogen-bond acceptors (Lipinski definition) is 13. The maximum Gasteiger partial charge on any atom is 1.00 e. The van der Waals surface area contributed by atoms with Gasteiger partial charge in [0.05, 0.1) is 19.3 Å². The van der Waals surface area contributed by atoms with Crippen molar-refractivity contribution in [2.24, 2.45) is 5.92 Å². The van der Waals surface area contributed by atoms with Gasteiger partial charge < -0.3 is 66.2 Å². The molecule has 260 valence electrons. The van der Waals surface area contributed by atoms with Gasteiger partial charge in [-0.05, 0) is 56.1 Å². The average molecular weight is 698 g/mol. The van der Waals surface area contributed by atoms with Crippen molar-refractivity contribution in [3.63, 3.8) is 0 Å². The molecule has 3 heterocycles. The van der Waals surface area contributed by atoms with Crippen molar-refractivity contribution in [2.75, 3.05) is 20.8 Å². The van der Waals surface area contributed by atoms with Crippen molar-refractivity contribution in [3.8, 4) is 35.2 Å². The molecule has 11 atom stereocenters. The molecule has 0 bridgehead atoms. The highest BCUT2D eigenvalue weighted by atomic mass is 35.5. The third-order valence-electron chi connectivity index (χ3n) is 9.58. The van der Waals surface area contributed by atoms with Gasteiger partial charge in [0.15, 0.2) is 18.5 Å². The molecule has 0 amide bonds. The molecule has 0 aromatic heterocycles. The molecule has 2 aromatic carbocycles. The monoisotopic (exact) mass is 697 g/mol. The predicted molar refractivity (Wildman–Crippen MR) is 167 cm³/mol. The lowest BCUT2D eigenvalue weighted by molar-refractivity contribution is -0.281. The summed E-state index contributed by atoms with van der Waals surface area (Å²) in [6, 6.07) is 5.81. The number of aryl methyl sites for hydroxylation is 1. The summed E-state index contributed by atoms with van der Waals surface area (Å²) in [5.74, 6) is 11.3. The Hall–Kier alpha value is -4.05. The number of cyclic esters (lactones) is 2. The Morgan fingerprint density at radius 2 is 1.98 bits per heavy atom. The van der Waals surface area contributed by atoms with Gasteiger partial charge in [0.2, 0.25) is 5.60 Å². The molecule has 7 rings (SSSR count). The zero-order valence-electron chi connectivity index (χ0n) is 28.0. The van der Waals surface area contributed by atoms with Crippen molar-refractivity contribution in [3.05, 3.63) is 47.0 Å². The molecule has 1 unspecified atom stereocenters. The number of epoxide rings is 1. The second-order valence-electron chi connectivity index (χ2n) is 12.4. The number of carbonyl (C=O) groups excluding carboxylic acids is 2. The van der Waals surface area contributed by atoms with Crippen LogP contribution in [0.2, 0.25) is 0 Å². The van der Waals surface area contributed by atoms with E-state index >= 15 is 0 Å². The number of carbonyl (C=O) groups is 2. The van der Waals surface area contributed by atoms with Crippen LogP contribution in [0.5, 0.6) is 11.5 Å². The molecule has 2 aliphatic carbocycles. The number of likely N-dealkylation sites (N-methyl/N-ethyl adjacent to an activating group) is 1. The number of phenols is 1. The van der Waals surface area contributed by atoms with E-state index in [0.29, 0.717) is 16.7 Å². The summed E-state index contributed by atoms with van der Waals surface area (Å²) in [7, 11) is 3.12. The summed E-state index contributed by atoms with van der Waals surface area (Å²) in [5, 5.41) is 36.3. The van der Waals surface area contributed by atoms with Crippen molar-refractivity contribution >= 4 is 22.9 Å². The number of aromatic hydroxyl groups is 1. The third kappa shape index (κ3) is 6.06. The van der Waals surface area contributed by atoms with Crippen LogP contribution in [0, 0.1) is 36.5 Å². The van der Waals surface area contributed by atoms with Gasteiger partial charge in [-0.2, -0.15) is 0 Å². The highest BCUT2D eigenvalue weighted by Gasteiger charge is 2.65. The number of fused-ring (bicyclic) bond motifs is 3. The van der Waals surface area contributed by atoms with Crippen LogP contribution in [-0.4, -0.2) is 109 Å². The van der Waals surface area contributed by atoms with Crippen LogP contribution in [0.25, 0.3) is 10.8 Å². The molecule has 14 heteroatoms. The molecule has 0 saturated carbocycles. The quantitative estimate of drug-likeness (QED) is 0.151. The van der Waals surface area contributed by atoms with E-state index in [-0.39, 0.29) is 38.2 Å². The van der Waals surface area contributed by atoms with Crippen molar-refractivity contribution < 1.29 is 71.9 Å². The molecule has 3 fully saturated rings. The zero-order valence-corrected chi connectivity index (χ0v) is 27.7.